The number of hydrogen-bond acceptors (Lipinski definition) is 3. The molecule has 1 heterocycles. The molecule has 2 rings (SSSR count). The monoisotopic (exact) mass is 309 g/mol. The highest BCUT2D eigenvalue weighted by atomic mass is 79.9. The Bertz CT molecular complexity index is 560. The summed E-state index contributed by atoms with van der Waals surface area (Å²) in [6.45, 7) is 1.94. The minimum Gasteiger partial charge on any atom is -0.271 e. The average molecular weight is 310 g/mol. The number of benzene rings is 1. The zero-order chi connectivity index (χ0) is 13.1. The summed E-state index contributed by atoms with van der Waals surface area (Å²) in [6.07, 6.45) is 3.39. The van der Waals surface area contributed by atoms with E-state index in [1.165, 1.54) is 6.07 Å². The summed E-state index contributed by atoms with van der Waals surface area (Å²) in [4.78, 5) is 4.06. The first-order valence-corrected chi connectivity index (χ1v) is 6.24. The third kappa shape index (κ3) is 2.58. The van der Waals surface area contributed by atoms with E-state index >= 15 is 0 Å². The van der Waals surface area contributed by atoms with Crippen molar-refractivity contribution in [2.45, 2.75) is 13.0 Å². The quantitative estimate of drug-likeness (QED) is 0.677. The molecule has 0 spiro atoms. The van der Waals surface area contributed by atoms with Crippen molar-refractivity contribution < 1.29 is 4.39 Å². The Balaban J connectivity index is 2.49. The van der Waals surface area contributed by atoms with E-state index in [4.69, 9.17) is 5.84 Å². The van der Waals surface area contributed by atoms with Crippen molar-refractivity contribution in [3.8, 4) is 0 Å². The van der Waals surface area contributed by atoms with Gasteiger partial charge in [0.2, 0.25) is 0 Å². The van der Waals surface area contributed by atoms with E-state index in [9.17, 15) is 4.39 Å². The molecular formula is C13H13BrFN3. The summed E-state index contributed by atoms with van der Waals surface area (Å²) in [5.74, 6) is 5.25. The van der Waals surface area contributed by atoms with Gasteiger partial charge in [0, 0.05) is 22.4 Å². The molecule has 0 aliphatic carbocycles. The van der Waals surface area contributed by atoms with Crippen LogP contribution in [0.3, 0.4) is 0 Å². The Morgan fingerprint density at radius 2 is 2.11 bits per heavy atom. The minimum absolute atomic E-state index is 0.310. The maximum atomic E-state index is 14.0. The third-order valence-electron chi connectivity index (χ3n) is 2.83. The molecule has 0 saturated carbocycles. The Hall–Kier alpha value is -1.30. The van der Waals surface area contributed by atoms with Crippen molar-refractivity contribution in [3.63, 3.8) is 0 Å². The fourth-order valence-electron chi connectivity index (χ4n) is 1.86. The van der Waals surface area contributed by atoms with E-state index in [1.54, 1.807) is 24.5 Å². The number of pyridine rings is 1. The molecule has 18 heavy (non-hydrogen) atoms. The summed E-state index contributed by atoms with van der Waals surface area (Å²) >= 11 is 3.23. The SMILES string of the molecule is Cc1ccncc1C(NN)c1ccc(Br)cc1F. The van der Waals surface area contributed by atoms with Gasteiger partial charge >= 0.3 is 0 Å². The van der Waals surface area contributed by atoms with E-state index in [0.717, 1.165) is 11.1 Å². The van der Waals surface area contributed by atoms with E-state index in [-0.39, 0.29) is 5.82 Å². The lowest BCUT2D eigenvalue weighted by molar-refractivity contribution is 0.557. The summed E-state index contributed by atoms with van der Waals surface area (Å²) in [5, 5.41) is 0. The zero-order valence-corrected chi connectivity index (χ0v) is 11.4. The topological polar surface area (TPSA) is 50.9 Å². The van der Waals surface area contributed by atoms with Crippen LogP contribution in [-0.4, -0.2) is 4.98 Å². The molecule has 0 amide bonds. The van der Waals surface area contributed by atoms with E-state index in [1.807, 2.05) is 13.0 Å². The molecule has 94 valence electrons. The highest BCUT2D eigenvalue weighted by Crippen LogP contribution is 2.27. The molecule has 3 nitrogen and oxygen atoms in total. The Kier molecular flexibility index (Phi) is 4.06. The van der Waals surface area contributed by atoms with Crippen molar-refractivity contribution >= 4 is 15.9 Å². The first-order chi connectivity index (χ1) is 8.63. The number of hydrogen-bond donors (Lipinski definition) is 2. The number of halogens is 2. The van der Waals surface area contributed by atoms with Crippen LogP contribution in [0.2, 0.25) is 0 Å². The van der Waals surface area contributed by atoms with Crippen LogP contribution < -0.4 is 11.3 Å². The second-order valence-corrected chi connectivity index (χ2v) is 4.91. The lowest BCUT2D eigenvalue weighted by Crippen LogP contribution is -2.30. The Morgan fingerprint density at radius 1 is 1.33 bits per heavy atom. The van der Waals surface area contributed by atoms with E-state index < -0.39 is 6.04 Å². The van der Waals surface area contributed by atoms with E-state index in [0.29, 0.717) is 10.0 Å². The van der Waals surface area contributed by atoms with Gasteiger partial charge in [0.25, 0.3) is 0 Å². The van der Waals surface area contributed by atoms with Crippen LogP contribution >= 0.6 is 15.9 Å². The second kappa shape index (κ2) is 5.56. The number of nitrogens with two attached hydrogens (primary N) is 1. The molecule has 1 aromatic heterocycles. The number of rotatable bonds is 3. The van der Waals surface area contributed by atoms with Gasteiger partial charge in [0.1, 0.15) is 5.82 Å². The van der Waals surface area contributed by atoms with Crippen LogP contribution in [0.1, 0.15) is 22.7 Å². The van der Waals surface area contributed by atoms with Crippen molar-refractivity contribution in [1.82, 2.24) is 10.4 Å². The molecule has 3 N–H and O–H groups in total. The normalized spacial score (nSPS) is 12.4. The lowest BCUT2D eigenvalue weighted by Gasteiger charge is -2.19. The summed E-state index contributed by atoms with van der Waals surface area (Å²) in [7, 11) is 0. The van der Waals surface area contributed by atoms with Crippen LogP contribution in [0.5, 0.6) is 0 Å². The molecule has 0 saturated heterocycles. The van der Waals surface area contributed by atoms with Gasteiger partial charge in [0.15, 0.2) is 0 Å². The molecule has 0 aliphatic heterocycles. The number of nitrogens with zero attached hydrogens (tertiary/aromatic N) is 1. The predicted octanol–water partition coefficient (Wildman–Crippen LogP) is 2.84. The molecule has 2 aromatic rings. The number of aromatic nitrogens is 1. The smallest absolute Gasteiger partial charge is 0.129 e. The minimum atomic E-state index is -0.410. The Morgan fingerprint density at radius 3 is 2.72 bits per heavy atom. The van der Waals surface area contributed by atoms with Crippen molar-refractivity contribution in [2.24, 2.45) is 5.84 Å². The predicted molar refractivity (Wildman–Crippen MR) is 72.2 cm³/mol. The standard InChI is InChI=1S/C13H13BrFN3/c1-8-4-5-17-7-11(8)13(18-16)10-3-2-9(14)6-12(10)15/h2-7,13,18H,16H2,1H3. The highest BCUT2D eigenvalue weighted by Gasteiger charge is 2.18. The van der Waals surface area contributed by atoms with Crippen LogP contribution in [0.25, 0.3) is 0 Å². The fraction of sp³-hybridized carbons (Fsp3) is 0.154. The Labute approximate surface area is 113 Å². The molecule has 0 fully saturated rings. The number of nitrogens with one attached hydrogen (secondary N) is 1. The fourth-order valence-corrected chi connectivity index (χ4v) is 2.19. The van der Waals surface area contributed by atoms with Gasteiger partial charge < -0.3 is 0 Å². The van der Waals surface area contributed by atoms with Crippen molar-refractivity contribution in [2.75, 3.05) is 0 Å². The first kappa shape index (κ1) is 13.1. The molecule has 5 heteroatoms. The average Bonchev–Trinajstić information content (AvgIpc) is 2.34. The van der Waals surface area contributed by atoms with Crippen molar-refractivity contribution in [1.29, 1.82) is 0 Å². The highest BCUT2D eigenvalue weighted by molar-refractivity contribution is 9.10. The van der Waals surface area contributed by atoms with Crippen LogP contribution in [0.4, 0.5) is 4.39 Å². The molecule has 0 bridgehead atoms. The largest absolute Gasteiger partial charge is 0.271 e. The molecule has 0 aliphatic rings. The molecular weight excluding hydrogens is 297 g/mol. The summed E-state index contributed by atoms with van der Waals surface area (Å²) in [5.41, 5.74) is 5.01. The number of aryl methyl sites for hydroxylation is 1. The van der Waals surface area contributed by atoms with Crippen LogP contribution in [-0.2, 0) is 0 Å². The molecule has 1 aromatic carbocycles. The molecule has 0 radical (unpaired) electrons. The number of hydrazine groups is 1. The van der Waals surface area contributed by atoms with Crippen LogP contribution in [0.15, 0.2) is 41.1 Å². The lowest BCUT2D eigenvalue weighted by atomic mass is 9.97. The van der Waals surface area contributed by atoms with Gasteiger partial charge in [0.05, 0.1) is 6.04 Å². The summed E-state index contributed by atoms with van der Waals surface area (Å²) < 4.78 is 14.7. The van der Waals surface area contributed by atoms with Crippen LogP contribution in [0, 0.1) is 12.7 Å². The van der Waals surface area contributed by atoms with Gasteiger partial charge in [-0.25, -0.2) is 9.82 Å². The second-order valence-electron chi connectivity index (χ2n) is 4.00. The van der Waals surface area contributed by atoms with Gasteiger partial charge in [-0.15, -0.1) is 0 Å². The van der Waals surface area contributed by atoms with Gasteiger partial charge in [-0.3, -0.25) is 10.8 Å². The first-order valence-electron chi connectivity index (χ1n) is 5.45. The van der Waals surface area contributed by atoms with Gasteiger partial charge in [-0.05, 0) is 36.2 Å². The van der Waals surface area contributed by atoms with Gasteiger partial charge in [-0.2, -0.15) is 0 Å². The zero-order valence-electron chi connectivity index (χ0n) is 9.82. The maximum absolute atomic E-state index is 14.0. The van der Waals surface area contributed by atoms with Gasteiger partial charge in [-0.1, -0.05) is 22.0 Å². The molecule has 1 unspecified atom stereocenters. The third-order valence-corrected chi connectivity index (χ3v) is 3.32. The van der Waals surface area contributed by atoms with Crippen molar-refractivity contribution in [3.05, 3.63) is 63.6 Å². The molecule has 1 atom stereocenters. The maximum Gasteiger partial charge on any atom is 0.129 e. The van der Waals surface area contributed by atoms with E-state index in [2.05, 4.69) is 26.3 Å². The summed E-state index contributed by atoms with van der Waals surface area (Å²) in [6, 6.07) is 6.37.